The lowest BCUT2D eigenvalue weighted by atomic mass is 9.86. The number of ether oxygens (including phenoxy) is 2. The molecule has 0 heterocycles. The van der Waals surface area contributed by atoms with Crippen LogP contribution in [-0.2, 0) is 14.3 Å². The normalized spacial score (nSPS) is 13.1. The topological polar surface area (TPSA) is 90.7 Å². The van der Waals surface area contributed by atoms with Crippen LogP contribution in [0.15, 0.2) is 24.3 Å². The molecule has 6 heteroatoms. The van der Waals surface area contributed by atoms with Crippen molar-refractivity contribution in [3.05, 3.63) is 24.3 Å². The molecule has 0 aliphatic heterocycles. The number of nitrogens with one attached hydrogen (secondary N) is 1. The van der Waals surface area contributed by atoms with E-state index in [-0.39, 0.29) is 19.1 Å². The summed E-state index contributed by atoms with van der Waals surface area (Å²) < 4.78 is 9.70. The fourth-order valence-corrected chi connectivity index (χ4v) is 1.52. The van der Waals surface area contributed by atoms with E-state index in [9.17, 15) is 9.59 Å². The zero-order valence-electron chi connectivity index (χ0n) is 12.6. The highest BCUT2D eigenvalue weighted by atomic mass is 16.6. The highest BCUT2D eigenvalue weighted by Crippen LogP contribution is 2.23. The Hall–Kier alpha value is -2.08. The van der Waals surface area contributed by atoms with Crippen LogP contribution >= 0.6 is 0 Å². The van der Waals surface area contributed by atoms with Crippen LogP contribution in [0.25, 0.3) is 0 Å². The Balaban J connectivity index is 2.62. The first-order chi connectivity index (χ1) is 9.95. The van der Waals surface area contributed by atoms with Gasteiger partial charge in [-0.05, 0) is 37.6 Å². The fourth-order valence-electron chi connectivity index (χ4n) is 1.52. The van der Waals surface area contributed by atoms with E-state index >= 15 is 0 Å². The lowest BCUT2D eigenvalue weighted by Crippen LogP contribution is -2.39. The standard InChI is InChI=1S/C15H22N2O4/c1-4-15(2,10-16)14(19)17-11-5-7-12(8-6-11)21-9-13(18)20-3/h5-8H,4,9-10,16H2,1-3H3,(H,17,19). The largest absolute Gasteiger partial charge is 0.482 e. The minimum Gasteiger partial charge on any atom is -0.482 e. The van der Waals surface area contributed by atoms with Gasteiger partial charge in [-0.1, -0.05) is 6.92 Å². The first-order valence-electron chi connectivity index (χ1n) is 6.76. The van der Waals surface area contributed by atoms with Gasteiger partial charge in [0, 0.05) is 12.2 Å². The van der Waals surface area contributed by atoms with E-state index in [2.05, 4.69) is 10.1 Å². The van der Waals surface area contributed by atoms with Crippen LogP contribution in [0.1, 0.15) is 20.3 Å². The van der Waals surface area contributed by atoms with Crippen LogP contribution in [0.3, 0.4) is 0 Å². The minimum absolute atomic E-state index is 0.115. The van der Waals surface area contributed by atoms with Gasteiger partial charge in [-0.15, -0.1) is 0 Å². The monoisotopic (exact) mass is 294 g/mol. The van der Waals surface area contributed by atoms with Gasteiger partial charge in [0.15, 0.2) is 6.61 Å². The molecule has 1 unspecified atom stereocenters. The molecule has 3 N–H and O–H groups in total. The summed E-state index contributed by atoms with van der Waals surface area (Å²) in [7, 11) is 1.30. The lowest BCUT2D eigenvalue weighted by Gasteiger charge is -2.24. The number of esters is 1. The summed E-state index contributed by atoms with van der Waals surface area (Å²) in [5, 5.41) is 2.82. The molecular weight excluding hydrogens is 272 g/mol. The number of methoxy groups -OCH3 is 1. The van der Waals surface area contributed by atoms with E-state index in [1.807, 2.05) is 13.8 Å². The van der Waals surface area contributed by atoms with Crippen LogP contribution in [-0.4, -0.2) is 32.1 Å². The second-order valence-corrected chi connectivity index (χ2v) is 4.96. The Morgan fingerprint density at radius 2 is 1.90 bits per heavy atom. The highest BCUT2D eigenvalue weighted by Gasteiger charge is 2.29. The van der Waals surface area contributed by atoms with E-state index in [0.29, 0.717) is 17.9 Å². The maximum Gasteiger partial charge on any atom is 0.343 e. The van der Waals surface area contributed by atoms with Crippen LogP contribution in [0.5, 0.6) is 5.75 Å². The number of carbonyl (C=O) groups is 2. The Bertz CT molecular complexity index is 481. The van der Waals surface area contributed by atoms with E-state index < -0.39 is 11.4 Å². The molecule has 1 rings (SSSR count). The number of nitrogens with two attached hydrogens (primary N) is 1. The summed E-state index contributed by atoms with van der Waals surface area (Å²) in [6.45, 7) is 3.89. The van der Waals surface area contributed by atoms with Crippen LogP contribution in [0.4, 0.5) is 5.69 Å². The maximum absolute atomic E-state index is 12.2. The first-order valence-corrected chi connectivity index (χ1v) is 6.76. The molecule has 0 bridgehead atoms. The average Bonchev–Trinajstić information content (AvgIpc) is 2.52. The zero-order chi connectivity index (χ0) is 15.9. The van der Waals surface area contributed by atoms with Crippen molar-refractivity contribution in [2.24, 2.45) is 11.1 Å². The van der Waals surface area contributed by atoms with E-state index in [1.54, 1.807) is 24.3 Å². The molecule has 0 saturated carbocycles. The Morgan fingerprint density at radius 3 is 2.38 bits per heavy atom. The van der Waals surface area contributed by atoms with Crippen molar-refractivity contribution in [3.8, 4) is 5.75 Å². The fraction of sp³-hybridized carbons (Fsp3) is 0.467. The SMILES string of the molecule is CCC(C)(CN)C(=O)Nc1ccc(OCC(=O)OC)cc1. The molecule has 0 aliphatic rings. The molecule has 0 saturated heterocycles. The molecule has 0 aliphatic carbocycles. The van der Waals surface area contributed by atoms with Crippen molar-refractivity contribution >= 4 is 17.6 Å². The number of carbonyl (C=O) groups excluding carboxylic acids is 2. The van der Waals surface area contributed by atoms with Gasteiger partial charge >= 0.3 is 5.97 Å². The van der Waals surface area contributed by atoms with Crippen LogP contribution < -0.4 is 15.8 Å². The van der Waals surface area contributed by atoms with Crippen molar-refractivity contribution in [2.75, 3.05) is 25.6 Å². The van der Waals surface area contributed by atoms with Gasteiger partial charge in [-0.25, -0.2) is 4.79 Å². The Labute approximate surface area is 124 Å². The number of hydrogen-bond acceptors (Lipinski definition) is 5. The minimum atomic E-state index is -0.583. The number of hydrogen-bond donors (Lipinski definition) is 2. The van der Waals surface area contributed by atoms with Gasteiger partial charge in [-0.3, -0.25) is 4.79 Å². The van der Waals surface area contributed by atoms with E-state index in [0.717, 1.165) is 0 Å². The molecule has 0 radical (unpaired) electrons. The lowest BCUT2D eigenvalue weighted by molar-refractivity contribution is -0.142. The Morgan fingerprint density at radius 1 is 1.29 bits per heavy atom. The third-order valence-corrected chi connectivity index (χ3v) is 3.48. The summed E-state index contributed by atoms with van der Waals surface area (Å²) in [5.74, 6) is -0.0414. The summed E-state index contributed by atoms with van der Waals surface area (Å²) >= 11 is 0. The molecule has 1 amide bonds. The van der Waals surface area contributed by atoms with E-state index in [1.165, 1.54) is 7.11 Å². The molecule has 0 aromatic heterocycles. The molecule has 1 aromatic carbocycles. The summed E-state index contributed by atoms with van der Waals surface area (Å²) in [5.41, 5.74) is 5.72. The third kappa shape index (κ3) is 4.75. The van der Waals surface area contributed by atoms with Crippen molar-refractivity contribution < 1.29 is 19.1 Å². The molecule has 116 valence electrons. The molecule has 0 fully saturated rings. The number of amides is 1. The first kappa shape index (κ1) is 17.0. The van der Waals surface area contributed by atoms with Gasteiger partial charge in [0.2, 0.25) is 5.91 Å². The summed E-state index contributed by atoms with van der Waals surface area (Å²) in [6.07, 6.45) is 0.662. The van der Waals surface area contributed by atoms with Crippen molar-refractivity contribution in [1.29, 1.82) is 0 Å². The van der Waals surface area contributed by atoms with Gasteiger partial charge in [0.05, 0.1) is 12.5 Å². The van der Waals surface area contributed by atoms with E-state index in [4.69, 9.17) is 10.5 Å². The maximum atomic E-state index is 12.2. The van der Waals surface area contributed by atoms with Crippen molar-refractivity contribution in [3.63, 3.8) is 0 Å². The van der Waals surface area contributed by atoms with Gasteiger partial charge < -0.3 is 20.5 Å². The molecule has 1 aromatic rings. The number of benzene rings is 1. The third-order valence-electron chi connectivity index (χ3n) is 3.48. The quantitative estimate of drug-likeness (QED) is 0.745. The van der Waals surface area contributed by atoms with Gasteiger partial charge in [0.1, 0.15) is 5.75 Å². The molecular formula is C15H22N2O4. The average molecular weight is 294 g/mol. The molecule has 6 nitrogen and oxygen atoms in total. The smallest absolute Gasteiger partial charge is 0.343 e. The van der Waals surface area contributed by atoms with Gasteiger partial charge in [0.25, 0.3) is 0 Å². The predicted octanol–water partition coefficient (Wildman–Crippen LogP) is 1.55. The zero-order valence-corrected chi connectivity index (χ0v) is 12.6. The van der Waals surface area contributed by atoms with Crippen LogP contribution in [0, 0.1) is 5.41 Å². The number of anilines is 1. The summed E-state index contributed by atoms with van der Waals surface area (Å²) in [4.78, 5) is 23.1. The molecule has 1 atom stereocenters. The Kier molecular flexibility index (Phi) is 6.17. The molecule has 21 heavy (non-hydrogen) atoms. The van der Waals surface area contributed by atoms with Crippen molar-refractivity contribution in [1.82, 2.24) is 0 Å². The highest BCUT2D eigenvalue weighted by molar-refractivity contribution is 5.95. The predicted molar refractivity (Wildman–Crippen MR) is 80.0 cm³/mol. The summed E-state index contributed by atoms with van der Waals surface area (Å²) in [6, 6.07) is 6.75. The van der Waals surface area contributed by atoms with Crippen molar-refractivity contribution in [2.45, 2.75) is 20.3 Å². The second-order valence-electron chi connectivity index (χ2n) is 4.96. The van der Waals surface area contributed by atoms with Crippen LogP contribution in [0.2, 0.25) is 0 Å². The van der Waals surface area contributed by atoms with Gasteiger partial charge in [-0.2, -0.15) is 0 Å². The molecule has 0 spiro atoms. The second kappa shape index (κ2) is 7.64. The number of rotatable bonds is 7.